The Hall–Kier alpha value is -1.01. The maximum absolute atomic E-state index is 10.8. The standard InChI is InChI=1S/C14H22O6.Ti/c15-11(13(17)18)9-7-5-3-1-2-4-6-8-10-12(16)14(19)20;/h1-10H2,(H,17,18)(H,19,20);. The summed E-state index contributed by atoms with van der Waals surface area (Å²) in [6.45, 7) is 0. The third-order valence-corrected chi connectivity index (χ3v) is 3.03. The fourth-order valence-electron chi connectivity index (χ4n) is 1.85. The number of Topliss-reactive ketones (excluding diaryl/α,β-unsaturated/α-hetero) is 2. The Bertz CT molecular complexity index is 319. The largest absolute Gasteiger partial charge is 0.476 e. The second kappa shape index (κ2) is 14.0. The average Bonchev–Trinajstić information content (AvgIpc) is 2.39. The van der Waals surface area contributed by atoms with Crippen LogP contribution in [0.2, 0.25) is 0 Å². The Morgan fingerprint density at radius 1 is 0.524 bits per heavy atom. The van der Waals surface area contributed by atoms with Crippen LogP contribution in [0.15, 0.2) is 0 Å². The van der Waals surface area contributed by atoms with Crippen LogP contribution in [0, 0.1) is 0 Å². The normalized spacial score (nSPS) is 9.71. The predicted octanol–water partition coefficient (Wildman–Crippen LogP) is 2.19. The molecule has 0 rings (SSSR count). The van der Waals surface area contributed by atoms with Gasteiger partial charge in [-0.1, -0.05) is 38.5 Å². The number of carboxylic acids is 2. The summed E-state index contributed by atoms with van der Waals surface area (Å²) < 4.78 is 0. The second-order valence-corrected chi connectivity index (χ2v) is 4.79. The SMILES string of the molecule is O=C(O)C(=O)CCCCCCCCCCC(=O)C(=O)O.[Ti]. The number of carbonyl (C=O) groups is 4. The molecule has 0 saturated heterocycles. The number of ketones is 2. The number of hydrogen-bond donors (Lipinski definition) is 2. The third kappa shape index (κ3) is 13.7. The van der Waals surface area contributed by atoms with Gasteiger partial charge in [-0.05, 0) is 12.8 Å². The topological polar surface area (TPSA) is 109 Å². The Kier molecular flexibility index (Phi) is 14.8. The van der Waals surface area contributed by atoms with Crippen molar-refractivity contribution in [1.29, 1.82) is 0 Å². The molecule has 0 radical (unpaired) electrons. The Balaban J connectivity index is 0. The van der Waals surface area contributed by atoms with E-state index in [2.05, 4.69) is 0 Å². The fraction of sp³-hybridized carbons (Fsp3) is 0.714. The van der Waals surface area contributed by atoms with Crippen LogP contribution in [0.25, 0.3) is 0 Å². The van der Waals surface area contributed by atoms with Gasteiger partial charge in [0.1, 0.15) is 0 Å². The van der Waals surface area contributed by atoms with Crippen molar-refractivity contribution in [2.24, 2.45) is 0 Å². The van der Waals surface area contributed by atoms with Crippen LogP contribution in [0.3, 0.4) is 0 Å². The number of aliphatic carboxylic acids is 2. The van der Waals surface area contributed by atoms with Crippen LogP contribution in [0.4, 0.5) is 0 Å². The van der Waals surface area contributed by atoms with E-state index in [4.69, 9.17) is 10.2 Å². The smallest absolute Gasteiger partial charge is 0.372 e. The number of rotatable bonds is 13. The van der Waals surface area contributed by atoms with Crippen LogP contribution < -0.4 is 0 Å². The number of hydrogen-bond acceptors (Lipinski definition) is 4. The quantitative estimate of drug-likeness (QED) is 0.304. The number of carbonyl (C=O) groups excluding carboxylic acids is 2. The monoisotopic (exact) mass is 334 g/mol. The van der Waals surface area contributed by atoms with Crippen molar-refractivity contribution in [2.75, 3.05) is 0 Å². The van der Waals surface area contributed by atoms with Crippen molar-refractivity contribution in [3.63, 3.8) is 0 Å². The predicted molar refractivity (Wildman–Crippen MR) is 71.5 cm³/mol. The molecule has 0 aliphatic carbocycles. The van der Waals surface area contributed by atoms with Gasteiger partial charge in [-0.15, -0.1) is 0 Å². The average molecular weight is 334 g/mol. The maximum atomic E-state index is 10.8. The molecule has 0 atom stereocenters. The zero-order valence-electron chi connectivity index (χ0n) is 12.1. The Morgan fingerprint density at radius 3 is 1.00 bits per heavy atom. The molecule has 0 aromatic rings. The van der Waals surface area contributed by atoms with Gasteiger partial charge < -0.3 is 10.2 Å². The van der Waals surface area contributed by atoms with E-state index in [0.29, 0.717) is 12.8 Å². The van der Waals surface area contributed by atoms with Crippen LogP contribution in [0.5, 0.6) is 0 Å². The molecule has 0 amide bonds. The van der Waals surface area contributed by atoms with E-state index < -0.39 is 23.5 Å². The number of carboxylic acid groups (broad SMARTS) is 2. The third-order valence-electron chi connectivity index (χ3n) is 3.03. The van der Waals surface area contributed by atoms with E-state index in [0.717, 1.165) is 38.5 Å². The van der Waals surface area contributed by atoms with E-state index in [1.54, 1.807) is 0 Å². The Labute approximate surface area is 139 Å². The molecule has 0 heterocycles. The molecule has 0 aliphatic heterocycles. The van der Waals surface area contributed by atoms with E-state index in [1.807, 2.05) is 0 Å². The van der Waals surface area contributed by atoms with Gasteiger partial charge in [0.15, 0.2) is 0 Å². The molecule has 0 aromatic carbocycles. The van der Waals surface area contributed by atoms with E-state index >= 15 is 0 Å². The van der Waals surface area contributed by atoms with Crippen molar-refractivity contribution in [1.82, 2.24) is 0 Å². The molecule has 0 spiro atoms. The molecule has 0 aliphatic rings. The first-order valence-corrected chi connectivity index (χ1v) is 6.97. The first kappa shape index (κ1) is 22.3. The molecular weight excluding hydrogens is 312 g/mol. The van der Waals surface area contributed by atoms with Crippen LogP contribution >= 0.6 is 0 Å². The van der Waals surface area contributed by atoms with Gasteiger partial charge in [0, 0.05) is 34.6 Å². The maximum Gasteiger partial charge on any atom is 0.372 e. The van der Waals surface area contributed by atoms with Crippen molar-refractivity contribution in [2.45, 2.75) is 64.2 Å². The molecule has 0 bridgehead atoms. The van der Waals surface area contributed by atoms with E-state index in [9.17, 15) is 19.2 Å². The molecule has 21 heavy (non-hydrogen) atoms. The molecule has 0 saturated carbocycles. The summed E-state index contributed by atoms with van der Waals surface area (Å²) in [4.78, 5) is 42.1. The minimum Gasteiger partial charge on any atom is -0.476 e. The van der Waals surface area contributed by atoms with E-state index in [-0.39, 0.29) is 34.6 Å². The summed E-state index contributed by atoms with van der Waals surface area (Å²) in [5.74, 6) is -4.18. The van der Waals surface area contributed by atoms with Crippen molar-refractivity contribution < 1.29 is 51.1 Å². The molecule has 0 aromatic heterocycles. The van der Waals surface area contributed by atoms with Gasteiger partial charge in [0.05, 0.1) is 0 Å². The molecule has 2 N–H and O–H groups in total. The minimum atomic E-state index is -1.36. The van der Waals surface area contributed by atoms with Gasteiger partial charge in [0.25, 0.3) is 0 Å². The van der Waals surface area contributed by atoms with Crippen molar-refractivity contribution in [3.8, 4) is 0 Å². The van der Waals surface area contributed by atoms with Gasteiger partial charge in [-0.3, -0.25) is 9.59 Å². The molecular formula is C14H22O6Ti. The summed E-state index contributed by atoms with van der Waals surface area (Å²) in [7, 11) is 0. The van der Waals surface area contributed by atoms with Gasteiger partial charge in [0.2, 0.25) is 11.6 Å². The van der Waals surface area contributed by atoms with Gasteiger partial charge in [-0.2, -0.15) is 0 Å². The zero-order valence-corrected chi connectivity index (χ0v) is 13.7. The summed E-state index contributed by atoms with van der Waals surface area (Å²) >= 11 is 0. The Morgan fingerprint density at radius 2 is 0.762 bits per heavy atom. The summed E-state index contributed by atoms with van der Waals surface area (Å²) in [5.41, 5.74) is 0. The first-order valence-electron chi connectivity index (χ1n) is 6.97. The summed E-state index contributed by atoms with van der Waals surface area (Å²) in [6.07, 6.45) is 7.05. The first-order chi connectivity index (χ1) is 9.45. The second-order valence-electron chi connectivity index (χ2n) is 4.79. The summed E-state index contributed by atoms with van der Waals surface area (Å²) in [5, 5.41) is 16.7. The molecule has 0 unspecified atom stereocenters. The van der Waals surface area contributed by atoms with Crippen LogP contribution in [-0.4, -0.2) is 33.7 Å². The van der Waals surface area contributed by atoms with Gasteiger partial charge in [-0.25, -0.2) is 9.59 Å². The molecule has 0 fully saturated rings. The molecule has 6 nitrogen and oxygen atoms in total. The fourth-order valence-corrected chi connectivity index (χ4v) is 1.85. The molecule has 7 heteroatoms. The van der Waals surface area contributed by atoms with Crippen molar-refractivity contribution >= 4 is 23.5 Å². The zero-order chi connectivity index (χ0) is 15.4. The van der Waals surface area contributed by atoms with Crippen LogP contribution in [0.1, 0.15) is 64.2 Å². The van der Waals surface area contributed by atoms with Crippen LogP contribution in [-0.2, 0) is 40.9 Å². The van der Waals surface area contributed by atoms with Crippen molar-refractivity contribution in [3.05, 3.63) is 0 Å². The minimum absolute atomic E-state index is 0. The molecule has 118 valence electrons. The van der Waals surface area contributed by atoms with Gasteiger partial charge >= 0.3 is 11.9 Å². The number of unbranched alkanes of at least 4 members (excludes halogenated alkanes) is 7. The summed E-state index contributed by atoms with van der Waals surface area (Å²) in [6, 6.07) is 0. The van der Waals surface area contributed by atoms with E-state index in [1.165, 1.54) is 0 Å².